The Bertz CT molecular complexity index is 630. The lowest BCUT2D eigenvalue weighted by Crippen LogP contribution is -2.38. The van der Waals surface area contributed by atoms with E-state index in [1.165, 1.54) is 0 Å². The van der Waals surface area contributed by atoms with Gasteiger partial charge >= 0.3 is 5.97 Å². The first kappa shape index (κ1) is 18.0. The lowest BCUT2D eigenvalue weighted by Gasteiger charge is -2.15. The Morgan fingerprint density at radius 1 is 1.08 bits per heavy atom. The van der Waals surface area contributed by atoms with E-state index in [1.807, 2.05) is 54.6 Å². The topological polar surface area (TPSA) is 67.8 Å². The van der Waals surface area contributed by atoms with Crippen molar-refractivity contribution in [3.05, 3.63) is 65.7 Å². The van der Waals surface area contributed by atoms with Crippen LogP contribution in [0.4, 0.5) is 0 Å². The second kappa shape index (κ2) is 9.70. The third-order valence-corrected chi connectivity index (χ3v) is 3.59. The van der Waals surface area contributed by atoms with Crippen molar-refractivity contribution in [2.45, 2.75) is 19.0 Å². The second-order valence-corrected chi connectivity index (χ2v) is 5.45. The number of benzene rings is 2. The van der Waals surface area contributed by atoms with Crippen LogP contribution in [0.3, 0.4) is 0 Å². The number of carboxylic acid groups (broad SMARTS) is 1. The van der Waals surface area contributed by atoms with Crippen LogP contribution in [0, 0.1) is 0 Å². The van der Waals surface area contributed by atoms with E-state index in [0.717, 1.165) is 16.9 Å². The van der Waals surface area contributed by atoms with Crippen molar-refractivity contribution >= 4 is 5.97 Å². The van der Waals surface area contributed by atoms with Crippen LogP contribution >= 0.6 is 0 Å². The maximum Gasteiger partial charge on any atom is 0.321 e. The standard InChI is InChI=1S/C19H23NO4/c1-23-10-11-24-17-9-5-8-16(12-17)14-20-18(19(21)22)13-15-6-3-2-4-7-15/h2-9,12,18,20H,10-11,13-14H2,1H3,(H,21,22)/t18-/m1/s1. The van der Waals surface area contributed by atoms with E-state index in [-0.39, 0.29) is 0 Å². The fourth-order valence-corrected chi connectivity index (χ4v) is 2.33. The minimum Gasteiger partial charge on any atom is -0.491 e. The summed E-state index contributed by atoms with van der Waals surface area (Å²) in [6.45, 7) is 1.48. The molecule has 128 valence electrons. The van der Waals surface area contributed by atoms with Crippen LogP contribution in [-0.4, -0.2) is 37.4 Å². The Hall–Kier alpha value is -2.37. The number of hydrogen-bond acceptors (Lipinski definition) is 4. The van der Waals surface area contributed by atoms with Gasteiger partial charge in [0.2, 0.25) is 0 Å². The molecule has 5 heteroatoms. The van der Waals surface area contributed by atoms with Crippen molar-refractivity contribution in [1.29, 1.82) is 0 Å². The number of carbonyl (C=O) groups is 1. The molecule has 1 atom stereocenters. The van der Waals surface area contributed by atoms with Gasteiger partial charge < -0.3 is 19.9 Å². The molecule has 2 aromatic rings. The minimum atomic E-state index is -0.855. The van der Waals surface area contributed by atoms with Gasteiger partial charge in [-0.2, -0.15) is 0 Å². The van der Waals surface area contributed by atoms with Crippen molar-refractivity contribution < 1.29 is 19.4 Å². The van der Waals surface area contributed by atoms with Gasteiger partial charge in [0.05, 0.1) is 6.61 Å². The van der Waals surface area contributed by atoms with Gasteiger partial charge in [-0.05, 0) is 29.7 Å². The number of nitrogens with one attached hydrogen (secondary N) is 1. The van der Waals surface area contributed by atoms with Gasteiger partial charge in [-0.15, -0.1) is 0 Å². The zero-order valence-electron chi connectivity index (χ0n) is 13.8. The summed E-state index contributed by atoms with van der Waals surface area (Å²) in [5.74, 6) is -0.104. The van der Waals surface area contributed by atoms with Crippen LogP contribution in [0.2, 0.25) is 0 Å². The summed E-state index contributed by atoms with van der Waals surface area (Å²) < 4.78 is 10.5. The molecule has 0 unspecified atom stereocenters. The number of ether oxygens (including phenoxy) is 2. The maximum absolute atomic E-state index is 11.5. The van der Waals surface area contributed by atoms with Gasteiger partial charge in [-0.1, -0.05) is 42.5 Å². The SMILES string of the molecule is COCCOc1cccc(CN[C@H](Cc2ccccc2)C(=O)O)c1. The average molecular weight is 329 g/mol. The van der Waals surface area contributed by atoms with Crippen molar-refractivity contribution in [3.63, 3.8) is 0 Å². The van der Waals surface area contributed by atoms with Gasteiger partial charge in [0.25, 0.3) is 0 Å². The molecule has 24 heavy (non-hydrogen) atoms. The fraction of sp³-hybridized carbons (Fsp3) is 0.316. The summed E-state index contributed by atoms with van der Waals surface area (Å²) >= 11 is 0. The summed E-state index contributed by atoms with van der Waals surface area (Å²) in [6.07, 6.45) is 0.445. The first-order valence-corrected chi connectivity index (χ1v) is 7.90. The van der Waals surface area contributed by atoms with E-state index in [1.54, 1.807) is 7.11 Å². The molecule has 0 spiro atoms. The third-order valence-electron chi connectivity index (χ3n) is 3.59. The Balaban J connectivity index is 1.91. The number of aliphatic carboxylic acids is 1. The lowest BCUT2D eigenvalue weighted by molar-refractivity contribution is -0.139. The zero-order valence-corrected chi connectivity index (χ0v) is 13.8. The predicted molar refractivity (Wildman–Crippen MR) is 92.2 cm³/mol. The van der Waals surface area contributed by atoms with Gasteiger partial charge in [0.15, 0.2) is 0 Å². The molecule has 0 bridgehead atoms. The second-order valence-electron chi connectivity index (χ2n) is 5.45. The summed E-state index contributed by atoms with van der Waals surface area (Å²) in [5.41, 5.74) is 1.97. The molecule has 0 saturated heterocycles. The molecule has 2 N–H and O–H groups in total. The molecular formula is C19H23NO4. The predicted octanol–water partition coefficient (Wildman–Crippen LogP) is 2.50. The van der Waals surface area contributed by atoms with Gasteiger partial charge in [-0.25, -0.2) is 0 Å². The van der Waals surface area contributed by atoms with Crippen LogP contribution in [0.5, 0.6) is 5.75 Å². The summed E-state index contributed by atoms with van der Waals surface area (Å²) in [7, 11) is 1.63. The Labute approximate surface area is 142 Å². The summed E-state index contributed by atoms with van der Waals surface area (Å²) in [6, 6.07) is 16.6. The van der Waals surface area contributed by atoms with E-state index >= 15 is 0 Å². The number of rotatable bonds is 10. The number of methoxy groups -OCH3 is 1. The van der Waals surface area contributed by atoms with E-state index in [0.29, 0.717) is 26.2 Å². The molecule has 2 aromatic carbocycles. The Morgan fingerprint density at radius 3 is 2.54 bits per heavy atom. The highest BCUT2D eigenvalue weighted by Crippen LogP contribution is 2.13. The van der Waals surface area contributed by atoms with Gasteiger partial charge in [0.1, 0.15) is 18.4 Å². The Morgan fingerprint density at radius 2 is 1.83 bits per heavy atom. The van der Waals surface area contributed by atoms with Crippen LogP contribution in [0.25, 0.3) is 0 Å². The van der Waals surface area contributed by atoms with Gasteiger partial charge in [-0.3, -0.25) is 4.79 Å². The average Bonchev–Trinajstić information content (AvgIpc) is 2.60. The lowest BCUT2D eigenvalue weighted by atomic mass is 10.1. The maximum atomic E-state index is 11.5. The van der Waals surface area contributed by atoms with Crippen LogP contribution in [0.15, 0.2) is 54.6 Å². The quantitative estimate of drug-likeness (QED) is 0.656. The van der Waals surface area contributed by atoms with Crippen LogP contribution < -0.4 is 10.1 Å². The largest absolute Gasteiger partial charge is 0.491 e. The smallest absolute Gasteiger partial charge is 0.321 e. The van der Waals surface area contributed by atoms with E-state index in [9.17, 15) is 9.90 Å². The van der Waals surface area contributed by atoms with Crippen LogP contribution in [-0.2, 0) is 22.5 Å². The molecule has 2 rings (SSSR count). The molecule has 0 aliphatic rings. The number of carboxylic acids is 1. The molecule has 5 nitrogen and oxygen atoms in total. The summed E-state index contributed by atoms with van der Waals surface area (Å²) in [4.78, 5) is 11.5. The monoisotopic (exact) mass is 329 g/mol. The zero-order chi connectivity index (χ0) is 17.2. The highest BCUT2D eigenvalue weighted by molar-refractivity contribution is 5.73. The number of hydrogen-bond donors (Lipinski definition) is 2. The fourth-order valence-electron chi connectivity index (χ4n) is 2.33. The molecule has 0 saturated carbocycles. The highest BCUT2D eigenvalue weighted by Gasteiger charge is 2.17. The highest BCUT2D eigenvalue weighted by atomic mass is 16.5. The molecular weight excluding hydrogens is 306 g/mol. The van der Waals surface area contributed by atoms with E-state index in [4.69, 9.17) is 9.47 Å². The molecule has 0 radical (unpaired) electrons. The molecule has 0 aromatic heterocycles. The molecule has 0 aliphatic heterocycles. The molecule has 0 fully saturated rings. The third kappa shape index (κ3) is 6.02. The van der Waals surface area contributed by atoms with Crippen molar-refractivity contribution in [3.8, 4) is 5.75 Å². The van der Waals surface area contributed by atoms with Crippen molar-refractivity contribution in [2.24, 2.45) is 0 Å². The molecule has 0 heterocycles. The Kier molecular flexibility index (Phi) is 7.26. The normalized spacial score (nSPS) is 11.9. The summed E-state index contributed by atoms with van der Waals surface area (Å²) in [5, 5.41) is 12.5. The molecule has 0 amide bonds. The first-order chi connectivity index (χ1) is 11.7. The van der Waals surface area contributed by atoms with E-state index in [2.05, 4.69) is 5.32 Å². The van der Waals surface area contributed by atoms with E-state index < -0.39 is 12.0 Å². The van der Waals surface area contributed by atoms with Crippen molar-refractivity contribution in [1.82, 2.24) is 5.32 Å². The van der Waals surface area contributed by atoms with Crippen molar-refractivity contribution in [2.75, 3.05) is 20.3 Å². The molecule has 0 aliphatic carbocycles. The minimum absolute atomic E-state index is 0.445. The van der Waals surface area contributed by atoms with Gasteiger partial charge in [0, 0.05) is 13.7 Å². The van der Waals surface area contributed by atoms with Crippen LogP contribution in [0.1, 0.15) is 11.1 Å². The first-order valence-electron chi connectivity index (χ1n) is 7.90.